The molecule has 1 N–H and O–H groups in total. The van der Waals surface area contributed by atoms with E-state index in [9.17, 15) is 0 Å². The van der Waals surface area contributed by atoms with E-state index in [-0.39, 0.29) is 6.10 Å². The lowest BCUT2D eigenvalue weighted by atomic mass is 10.1. The van der Waals surface area contributed by atoms with Crippen molar-refractivity contribution in [3.05, 3.63) is 18.1 Å². The quantitative estimate of drug-likeness (QED) is 0.804. The lowest BCUT2D eigenvalue weighted by Crippen LogP contribution is -2.11. The molecule has 0 aliphatic rings. The molecule has 0 radical (unpaired) electrons. The molecule has 1 rings (SSSR count). The third kappa shape index (κ3) is 4.57. The molecule has 0 fully saturated rings. The van der Waals surface area contributed by atoms with Crippen molar-refractivity contribution in [2.75, 3.05) is 12.4 Å². The number of ether oxygens (including phenoxy) is 1. The smallest absolute Gasteiger partial charge is 0.144 e. The summed E-state index contributed by atoms with van der Waals surface area (Å²) in [5.41, 5.74) is 0.870. The maximum absolute atomic E-state index is 5.69. The van der Waals surface area contributed by atoms with Gasteiger partial charge in [0, 0.05) is 7.05 Å². The minimum Gasteiger partial charge on any atom is -0.372 e. The number of nitrogens with zero attached hydrogens (tertiary/aromatic N) is 2. The summed E-state index contributed by atoms with van der Waals surface area (Å²) in [7, 11) is 1.82. The van der Waals surface area contributed by atoms with E-state index < -0.39 is 0 Å². The topological polar surface area (TPSA) is 47.0 Å². The van der Waals surface area contributed by atoms with Crippen LogP contribution in [0.2, 0.25) is 0 Å². The molecule has 0 aromatic carbocycles. The zero-order valence-corrected chi connectivity index (χ0v) is 10.5. The monoisotopic (exact) mass is 223 g/mol. The first-order valence-corrected chi connectivity index (χ1v) is 5.72. The maximum atomic E-state index is 5.69. The number of nitrogens with one attached hydrogen (secondary N) is 1. The standard InChI is InChI=1S/C12H21N3O/c1-9(2)5-10(3)16-8-11-6-15-12(13-4)7-14-11/h6-7,9-10H,5,8H2,1-4H3,(H,13,15). The Balaban J connectivity index is 2.36. The fourth-order valence-corrected chi connectivity index (χ4v) is 1.52. The van der Waals surface area contributed by atoms with E-state index in [0.29, 0.717) is 12.5 Å². The van der Waals surface area contributed by atoms with Gasteiger partial charge in [0.1, 0.15) is 5.82 Å². The van der Waals surface area contributed by atoms with Gasteiger partial charge in [-0.2, -0.15) is 0 Å². The summed E-state index contributed by atoms with van der Waals surface area (Å²) in [4.78, 5) is 8.43. The molecule has 90 valence electrons. The van der Waals surface area contributed by atoms with Gasteiger partial charge < -0.3 is 10.1 Å². The molecule has 0 aliphatic heterocycles. The van der Waals surface area contributed by atoms with Crippen LogP contribution in [-0.4, -0.2) is 23.1 Å². The van der Waals surface area contributed by atoms with Gasteiger partial charge in [-0.15, -0.1) is 0 Å². The van der Waals surface area contributed by atoms with Crippen LogP contribution >= 0.6 is 0 Å². The fourth-order valence-electron chi connectivity index (χ4n) is 1.52. The van der Waals surface area contributed by atoms with E-state index in [1.54, 1.807) is 12.4 Å². The van der Waals surface area contributed by atoms with Crippen molar-refractivity contribution in [3.63, 3.8) is 0 Å². The summed E-state index contributed by atoms with van der Waals surface area (Å²) in [5, 5.41) is 2.93. The molecule has 0 saturated carbocycles. The Labute approximate surface area is 97.5 Å². The minimum absolute atomic E-state index is 0.269. The first kappa shape index (κ1) is 12.9. The van der Waals surface area contributed by atoms with Crippen molar-refractivity contribution in [2.24, 2.45) is 5.92 Å². The second-order valence-corrected chi connectivity index (χ2v) is 4.39. The Morgan fingerprint density at radius 1 is 1.25 bits per heavy atom. The van der Waals surface area contributed by atoms with Crippen molar-refractivity contribution in [3.8, 4) is 0 Å². The maximum Gasteiger partial charge on any atom is 0.144 e. The summed E-state index contributed by atoms with van der Waals surface area (Å²) >= 11 is 0. The summed E-state index contributed by atoms with van der Waals surface area (Å²) in [6.45, 7) is 7.02. The van der Waals surface area contributed by atoms with Crippen LogP contribution in [0.25, 0.3) is 0 Å². The van der Waals surface area contributed by atoms with Crippen LogP contribution in [-0.2, 0) is 11.3 Å². The van der Waals surface area contributed by atoms with E-state index in [4.69, 9.17) is 4.74 Å². The molecule has 0 amide bonds. The molecule has 1 unspecified atom stereocenters. The van der Waals surface area contributed by atoms with E-state index in [1.807, 2.05) is 7.05 Å². The number of hydrogen-bond acceptors (Lipinski definition) is 4. The molecule has 1 aromatic rings. The predicted molar refractivity (Wildman–Crippen MR) is 65.3 cm³/mol. The molecule has 1 atom stereocenters. The number of anilines is 1. The molecule has 1 heterocycles. The van der Waals surface area contributed by atoms with Gasteiger partial charge in [0.2, 0.25) is 0 Å². The first-order valence-electron chi connectivity index (χ1n) is 5.72. The highest BCUT2D eigenvalue weighted by Gasteiger charge is 2.06. The van der Waals surface area contributed by atoms with Crippen molar-refractivity contribution < 1.29 is 4.74 Å². The molecule has 0 bridgehead atoms. The Hall–Kier alpha value is -1.16. The van der Waals surface area contributed by atoms with Gasteiger partial charge in [-0.1, -0.05) is 13.8 Å². The van der Waals surface area contributed by atoms with Crippen molar-refractivity contribution in [2.45, 2.75) is 39.9 Å². The van der Waals surface area contributed by atoms with Crippen LogP contribution < -0.4 is 5.32 Å². The zero-order valence-electron chi connectivity index (χ0n) is 10.5. The Kier molecular flexibility index (Phi) is 5.19. The third-order valence-electron chi connectivity index (χ3n) is 2.28. The molecule has 4 nitrogen and oxygen atoms in total. The molecule has 0 saturated heterocycles. The van der Waals surface area contributed by atoms with Gasteiger partial charge in [0.05, 0.1) is 30.8 Å². The van der Waals surface area contributed by atoms with E-state index in [1.165, 1.54) is 0 Å². The number of aromatic nitrogens is 2. The van der Waals surface area contributed by atoms with Crippen LogP contribution in [0, 0.1) is 5.92 Å². The fraction of sp³-hybridized carbons (Fsp3) is 0.667. The zero-order chi connectivity index (χ0) is 12.0. The molecule has 16 heavy (non-hydrogen) atoms. The van der Waals surface area contributed by atoms with Crippen molar-refractivity contribution >= 4 is 5.82 Å². The lowest BCUT2D eigenvalue weighted by Gasteiger charge is -2.14. The first-order chi connectivity index (χ1) is 7.61. The normalized spacial score (nSPS) is 12.8. The Bertz CT molecular complexity index is 298. The Morgan fingerprint density at radius 2 is 2.00 bits per heavy atom. The molecular formula is C12H21N3O. The number of hydrogen-bond donors (Lipinski definition) is 1. The largest absolute Gasteiger partial charge is 0.372 e. The van der Waals surface area contributed by atoms with Crippen LogP contribution in [0.1, 0.15) is 32.9 Å². The molecular weight excluding hydrogens is 202 g/mol. The molecule has 1 aromatic heterocycles. The van der Waals surface area contributed by atoms with E-state index >= 15 is 0 Å². The molecule has 0 aliphatic carbocycles. The van der Waals surface area contributed by atoms with Gasteiger partial charge >= 0.3 is 0 Å². The highest BCUT2D eigenvalue weighted by molar-refractivity contribution is 5.29. The van der Waals surface area contributed by atoms with Gasteiger partial charge in [-0.05, 0) is 19.3 Å². The van der Waals surface area contributed by atoms with Gasteiger partial charge in [0.15, 0.2) is 0 Å². The van der Waals surface area contributed by atoms with Crippen molar-refractivity contribution in [1.29, 1.82) is 0 Å². The Morgan fingerprint density at radius 3 is 2.50 bits per heavy atom. The third-order valence-corrected chi connectivity index (χ3v) is 2.28. The average Bonchev–Trinajstić information content (AvgIpc) is 2.26. The van der Waals surface area contributed by atoms with Gasteiger partial charge in [-0.3, -0.25) is 4.98 Å². The lowest BCUT2D eigenvalue weighted by molar-refractivity contribution is 0.0377. The summed E-state index contributed by atoms with van der Waals surface area (Å²) in [6, 6.07) is 0. The van der Waals surface area contributed by atoms with E-state index in [2.05, 4.69) is 36.1 Å². The predicted octanol–water partition coefficient (Wildman–Crippen LogP) is 2.47. The average molecular weight is 223 g/mol. The van der Waals surface area contributed by atoms with Crippen molar-refractivity contribution in [1.82, 2.24) is 9.97 Å². The van der Waals surface area contributed by atoms with Gasteiger partial charge in [0.25, 0.3) is 0 Å². The summed E-state index contributed by atoms with van der Waals surface area (Å²) < 4.78 is 5.69. The van der Waals surface area contributed by atoms with Crippen LogP contribution in [0.4, 0.5) is 5.82 Å². The molecule has 0 spiro atoms. The van der Waals surface area contributed by atoms with Crippen LogP contribution in [0.5, 0.6) is 0 Å². The summed E-state index contributed by atoms with van der Waals surface area (Å²) in [5.74, 6) is 1.44. The van der Waals surface area contributed by atoms with Gasteiger partial charge in [-0.25, -0.2) is 4.98 Å². The second kappa shape index (κ2) is 6.43. The van der Waals surface area contributed by atoms with E-state index in [0.717, 1.165) is 17.9 Å². The van der Waals surface area contributed by atoms with Crippen LogP contribution in [0.15, 0.2) is 12.4 Å². The number of rotatable bonds is 6. The summed E-state index contributed by atoms with van der Waals surface area (Å²) in [6.07, 6.45) is 4.80. The minimum atomic E-state index is 0.269. The highest BCUT2D eigenvalue weighted by Crippen LogP contribution is 2.09. The van der Waals surface area contributed by atoms with Crippen LogP contribution in [0.3, 0.4) is 0 Å². The SMILES string of the molecule is CNc1cnc(COC(C)CC(C)C)cn1. The second-order valence-electron chi connectivity index (χ2n) is 4.39. The molecule has 4 heteroatoms. The highest BCUT2D eigenvalue weighted by atomic mass is 16.5.